The number of likely N-dealkylation sites (N-methyl/N-ethyl adjacent to an activating group) is 1. The number of halogens is 2. The molecule has 0 aliphatic carbocycles. The van der Waals surface area contributed by atoms with Crippen LogP contribution in [0.2, 0.25) is 0 Å². The Hall–Kier alpha value is -3.55. The SMILES string of the molecule is CN(C(=O)[C@@H]1CCCCCN1C(=O)C(NC(=O)c1cc2cc(C(F)(F)P(=O)(O)O)ccc2s1)C(C)(C)C)c1ncc(-c2ccccc2)s1. The third kappa shape index (κ3) is 7.37. The fraction of sp³-hybridized carbons (Fsp3) is 0.394. The standard InChI is InChI=1S/C33H37F2N4O6PS2/c1-32(2,3)27(37-28(40)25-18-21-17-22(14-15-24(21)47-25)33(34,35)46(43,44)45)30(42)39-16-10-6-9-13-23(39)29(41)38(4)31-36-19-26(48-31)20-11-7-5-8-12-20/h5,7-8,11-12,14-15,17-19,23,27H,6,9-10,13,16H2,1-4H3,(H,37,40)(H2,43,44,45)/t23-,27?/m0/s1. The first-order chi connectivity index (χ1) is 22.5. The number of rotatable bonds is 8. The number of carbonyl (C=O) groups excluding carboxylic acids is 3. The van der Waals surface area contributed by atoms with Gasteiger partial charge < -0.3 is 20.0 Å². The summed E-state index contributed by atoms with van der Waals surface area (Å²) >= 11 is 2.38. The van der Waals surface area contributed by atoms with Crippen LogP contribution in [0.5, 0.6) is 0 Å². The van der Waals surface area contributed by atoms with Crippen LogP contribution in [0, 0.1) is 5.41 Å². The summed E-state index contributed by atoms with van der Waals surface area (Å²) in [5, 5.41) is 3.54. The Morgan fingerprint density at radius 3 is 2.42 bits per heavy atom. The molecular weight excluding hydrogens is 681 g/mol. The van der Waals surface area contributed by atoms with Crippen LogP contribution in [0.15, 0.2) is 60.8 Å². The first-order valence-corrected chi connectivity index (χ1v) is 18.6. The molecule has 3 N–H and O–H groups in total. The smallest absolute Gasteiger partial charge is 0.339 e. The van der Waals surface area contributed by atoms with Gasteiger partial charge in [0.15, 0.2) is 5.13 Å². The van der Waals surface area contributed by atoms with Gasteiger partial charge in [0.1, 0.15) is 12.1 Å². The second-order valence-electron chi connectivity index (χ2n) is 12.9. The van der Waals surface area contributed by atoms with Gasteiger partial charge in [-0.3, -0.25) is 23.8 Å². The van der Waals surface area contributed by atoms with Crippen LogP contribution in [0.1, 0.15) is 61.7 Å². The molecule has 1 aliphatic heterocycles. The molecule has 2 aromatic heterocycles. The van der Waals surface area contributed by atoms with Gasteiger partial charge in [-0.15, -0.1) is 11.3 Å². The molecule has 3 amide bonds. The van der Waals surface area contributed by atoms with Crippen LogP contribution in [0.3, 0.4) is 0 Å². The Bertz CT molecular complexity index is 1870. The van der Waals surface area contributed by atoms with Crippen molar-refractivity contribution in [1.29, 1.82) is 0 Å². The van der Waals surface area contributed by atoms with Gasteiger partial charge in [0.05, 0.1) is 9.75 Å². The first-order valence-electron chi connectivity index (χ1n) is 15.4. The van der Waals surface area contributed by atoms with Crippen molar-refractivity contribution in [3.8, 4) is 10.4 Å². The largest absolute Gasteiger partial charge is 0.399 e. The molecule has 4 aromatic rings. The van der Waals surface area contributed by atoms with Crippen LogP contribution in [-0.4, -0.2) is 63.1 Å². The van der Waals surface area contributed by atoms with E-state index in [1.54, 1.807) is 38.9 Å². The van der Waals surface area contributed by atoms with E-state index >= 15 is 0 Å². The number of hydrogen-bond donors (Lipinski definition) is 3. The van der Waals surface area contributed by atoms with Crippen molar-refractivity contribution >= 4 is 63.2 Å². The van der Waals surface area contributed by atoms with Crippen molar-refractivity contribution in [3.05, 3.63) is 71.2 Å². The number of hydrogen-bond acceptors (Lipinski definition) is 7. The molecule has 15 heteroatoms. The zero-order valence-electron chi connectivity index (χ0n) is 26.9. The maximum absolute atomic E-state index is 14.3. The van der Waals surface area contributed by atoms with Crippen LogP contribution in [-0.2, 0) is 19.8 Å². The van der Waals surface area contributed by atoms with Gasteiger partial charge in [0.2, 0.25) is 5.91 Å². The van der Waals surface area contributed by atoms with Crippen molar-refractivity contribution in [1.82, 2.24) is 15.2 Å². The Morgan fingerprint density at radius 1 is 1.04 bits per heavy atom. The third-order valence-corrected chi connectivity index (χ3v) is 11.6. The highest BCUT2D eigenvalue weighted by atomic mass is 32.1. The molecule has 1 fully saturated rings. The lowest BCUT2D eigenvalue weighted by Crippen LogP contribution is -2.59. The number of nitrogens with one attached hydrogen (secondary N) is 1. The van der Waals surface area contributed by atoms with E-state index in [1.807, 2.05) is 30.3 Å². The molecule has 2 aromatic carbocycles. The third-order valence-electron chi connectivity index (χ3n) is 8.33. The summed E-state index contributed by atoms with van der Waals surface area (Å²) in [6, 6.07) is 12.4. The van der Waals surface area contributed by atoms with E-state index < -0.39 is 48.1 Å². The number of aromatic nitrogens is 1. The van der Waals surface area contributed by atoms with Gasteiger partial charge in [-0.2, -0.15) is 8.78 Å². The fourth-order valence-corrected chi connectivity index (χ4v) is 7.94. The quantitative estimate of drug-likeness (QED) is 0.170. The van der Waals surface area contributed by atoms with Crippen LogP contribution in [0.4, 0.5) is 13.9 Å². The van der Waals surface area contributed by atoms with Crippen LogP contribution >= 0.6 is 30.3 Å². The lowest BCUT2D eigenvalue weighted by atomic mass is 9.85. The van der Waals surface area contributed by atoms with Gasteiger partial charge >= 0.3 is 13.3 Å². The average molecular weight is 719 g/mol. The minimum absolute atomic E-state index is 0.130. The number of thiophene rings is 1. The Balaban J connectivity index is 1.38. The van der Waals surface area contributed by atoms with E-state index in [2.05, 4.69) is 10.3 Å². The Morgan fingerprint density at radius 2 is 1.75 bits per heavy atom. The molecule has 0 saturated carbocycles. The summed E-state index contributed by atoms with van der Waals surface area (Å²) in [4.78, 5) is 68.7. The van der Waals surface area contributed by atoms with Gasteiger partial charge in [0.25, 0.3) is 11.8 Å². The first kappa shape index (κ1) is 35.7. The number of amides is 3. The summed E-state index contributed by atoms with van der Waals surface area (Å²) < 4.78 is 40.5. The number of alkyl halides is 2. The fourth-order valence-electron chi connectivity index (χ4n) is 5.63. The molecular formula is C33H37F2N4O6PS2. The predicted molar refractivity (Wildman–Crippen MR) is 183 cm³/mol. The molecule has 256 valence electrons. The summed E-state index contributed by atoms with van der Waals surface area (Å²) in [5.74, 6) is -1.29. The molecule has 1 saturated heterocycles. The second kappa shape index (κ2) is 13.8. The molecule has 1 aliphatic rings. The molecule has 5 rings (SSSR count). The van der Waals surface area contributed by atoms with E-state index in [4.69, 9.17) is 9.79 Å². The normalized spacial score (nSPS) is 16.8. The molecule has 3 heterocycles. The molecule has 0 radical (unpaired) electrons. The van der Waals surface area contributed by atoms with Crippen molar-refractivity contribution in [2.75, 3.05) is 18.5 Å². The molecule has 48 heavy (non-hydrogen) atoms. The lowest BCUT2D eigenvalue weighted by molar-refractivity contribution is -0.143. The van der Waals surface area contributed by atoms with Gasteiger partial charge in [-0.25, -0.2) is 4.98 Å². The molecule has 0 bridgehead atoms. The summed E-state index contributed by atoms with van der Waals surface area (Å²) in [6.07, 6.45) is 4.45. The summed E-state index contributed by atoms with van der Waals surface area (Å²) in [7, 11) is -4.13. The highest BCUT2D eigenvalue weighted by Crippen LogP contribution is 2.59. The van der Waals surface area contributed by atoms with Crippen molar-refractivity contribution in [2.24, 2.45) is 5.41 Å². The van der Waals surface area contributed by atoms with Crippen LogP contribution in [0.25, 0.3) is 20.5 Å². The molecule has 0 spiro atoms. The summed E-state index contributed by atoms with van der Waals surface area (Å²) in [6.45, 7) is 5.74. The van der Waals surface area contributed by atoms with Crippen molar-refractivity contribution in [2.45, 2.75) is 64.2 Å². The average Bonchev–Trinajstić information content (AvgIpc) is 3.63. The van der Waals surface area contributed by atoms with E-state index in [0.29, 0.717) is 29.2 Å². The predicted octanol–water partition coefficient (Wildman–Crippen LogP) is 6.83. The van der Waals surface area contributed by atoms with E-state index in [0.717, 1.165) is 46.8 Å². The number of thiazole rings is 1. The molecule has 10 nitrogen and oxygen atoms in total. The van der Waals surface area contributed by atoms with E-state index in [9.17, 15) is 27.7 Å². The monoisotopic (exact) mass is 718 g/mol. The molecule has 1 unspecified atom stereocenters. The van der Waals surface area contributed by atoms with E-state index in [1.165, 1.54) is 28.4 Å². The van der Waals surface area contributed by atoms with Gasteiger partial charge in [-0.1, -0.05) is 81.3 Å². The maximum atomic E-state index is 14.3. The maximum Gasteiger partial charge on any atom is 0.399 e. The zero-order chi connectivity index (χ0) is 35.0. The number of fused-ring (bicyclic) bond motifs is 1. The number of carbonyl (C=O) groups is 3. The number of anilines is 1. The number of nitrogens with zero attached hydrogens (tertiary/aromatic N) is 3. The van der Waals surface area contributed by atoms with E-state index in [-0.39, 0.29) is 16.2 Å². The topological polar surface area (TPSA) is 140 Å². The van der Waals surface area contributed by atoms with Gasteiger partial charge in [0, 0.05) is 30.1 Å². The highest BCUT2D eigenvalue weighted by molar-refractivity contribution is 7.52. The minimum Gasteiger partial charge on any atom is -0.339 e. The Labute approximate surface area is 284 Å². The lowest BCUT2D eigenvalue weighted by Gasteiger charge is -2.38. The van der Waals surface area contributed by atoms with Crippen LogP contribution < -0.4 is 10.2 Å². The van der Waals surface area contributed by atoms with Gasteiger partial charge in [-0.05, 0) is 47.4 Å². The minimum atomic E-state index is -5.78. The van der Waals surface area contributed by atoms with Crippen molar-refractivity contribution in [3.63, 3.8) is 0 Å². The zero-order valence-corrected chi connectivity index (χ0v) is 29.4. The Kier molecular flexibility index (Phi) is 10.2. The summed E-state index contributed by atoms with van der Waals surface area (Å²) in [5.41, 5.74) is -5.05. The second-order valence-corrected chi connectivity index (χ2v) is 16.6. The highest BCUT2D eigenvalue weighted by Gasteiger charge is 2.50. The number of likely N-dealkylation sites (tertiary alicyclic amines) is 1. The molecule has 2 atom stereocenters. The number of benzene rings is 2. The van der Waals surface area contributed by atoms with Crippen molar-refractivity contribution < 1.29 is 37.5 Å².